The molecule has 0 aromatic heterocycles. The quantitative estimate of drug-likeness (QED) is 0.599. The Hall–Kier alpha value is -0.450. The number of rotatable bonds is 9. The summed E-state index contributed by atoms with van der Waals surface area (Å²) in [6.07, 6.45) is 0. The maximum absolute atomic E-state index is 10.4. The second-order valence-corrected chi connectivity index (χ2v) is 2.72. The van der Waals surface area contributed by atoms with Crippen molar-refractivity contribution in [2.24, 2.45) is 0 Å². The molecule has 4 nitrogen and oxygen atoms in total. The fourth-order valence-electron chi connectivity index (χ4n) is 0.757. The van der Waals surface area contributed by atoms with Gasteiger partial charge < -0.3 is 14.8 Å². The summed E-state index contributed by atoms with van der Waals surface area (Å²) in [6.45, 7) is 11.3. The van der Waals surface area contributed by atoms with Gasteiger partial charge in [-0.15, -0.1) is 0 Å². The Morgan fingerprint density at radius 2 is 1.80 bits per heavy atom. The van der Waals surface area contributed by atoms with Gasteiger partial charge in [0.15, 0.2) is 5.78 Å². The molecule has 0 saturated carbocycles. The van der Waals surface area contributed by atoms with Crippen LogP contribution < -0.4 is 5.32 Å². The summed E-state index contributed by atoms with van der Waals surface area (Å²) in [6, 6.07) is 0. The van der Waals surface area contributed by atoms with Gasteiger partial charge in [-0.1, -0.05) is 20.8 Å². The Balaban J connectivity index is -0.000000529. The smallest absolute Gasteiger partial charge is 0.155 e. The highest BCUT2D eigenvalue weighted by atomic mass is 16.5. The minimum Gasteiger partial charge on any atom is -0.378 e. The maximum atomic E-state index is 10.4. The molecule has 0 aliphatic carbocycles. The van der Waals surface area contributed by atoms with E-state index in [-0.39, 0.29) is 13.8 Å². The lowest BCUT2D eigenvalue weighted by Gasteiger charge is -2.04. The van der Waals surface area contributed by atoms with E-state index in [2.05, 4.69) is 12.2 Å². The molecule has 0 unspecified atom stereocenters. The molecule has 0 amide bonds. The molecule has 15 heavy (non-hydrogen) atoms. The van der Waals surface area contributed by atoms with Crippen LogP contribution in [-0.4, -0.2) is 45.3 Å². The lowest BCUT2D eigenvalue weighted by atomic mass is 10.5. The fraction of sp³-hybridized carbons (Fsp3) is 0.909. The van der Waals surface area contributed by atoms with E-state index in [1.807, 2.05) is 13.8 Å². The zero-order chi connectivity index (χ0) is 11.9. The van der Waals surface area contributed by atoms with Crippen LogP contribution in [0.4, 0.5) is 0 Å². The monoisotopic (exact) mass is 221 g/mol. The number of likely N-dealkylation sites (N-methyl/N-ethyl adjacent to an activating group) is 1. The van der Waals surface area contributed by atoms with Gasteiger partial charge in [0.2, 0.25) is 0 Å². The van der Waals surface area contributed by atoms with Crippen LogP contribution in [0.1, 0.15) is 29.1 Å². The van der Waals surface area contributed by atoms with Gasteiger partial charge in [0.25, 0.3) is 0 Å². The van der Waals surface area contributed by atoms with E-state index < -0.39 is 0 Å². The molecule has 0 bridgehead atoms. The Morgan fingerprint density at radius 1 is 1.20 bits per heavy atom. The van der Waals surface area contributed by atoms with Crippen molar-refractivity contribution < 1.29 is 15.7 Å². The van der Waals surface area contributed by atoms with E-state index in [4.69, 9.17) is 9.47 Å². The molecular weight excluding hydrogens is 194 g/mol. The Kier molecular flexibility index (Phi) is 18.1. The van der Waals surface area contributed by atoms with Crippen molar-refractivity contribution in [1.29, 1.82) is 0 Å². The molecule has 0 fully saturated rings. The fourth-order valence-corrected chi connectivity index (χ4v) is 0.757. The first kappa shape index (κ1) is 17.0. The van der Waals surface area contributed by atoms with Crippen molar-refractivity contribution in [2.45, 2.75) is 27.7 Å². The average molecular weight is 221 g/mol. The molecule has 0 spiro atoms. The highest BCUT2D eigenvalue weighted by Gasteiger charge is 1.92. The summed E-state index contributed by atoms with van der Waals surface area (Å²) < 4.78 is 10.2. The minimum absolute atomic E-state index is 0. The van der Waals surface area contributed by atoms with Crippen LogP contribution in [0, 0.1) is 0 Å². The van der Waals surface area contributed by atoms with Crippen LogP contribution in [0.2, 0.25) is 0 Å². The molecule has 0 saturated heterocycles. The molecule has 0 radical (unpaired) electrons. The topological polar surface area (TPSA) is 47.6 Å². The lowest BCUT2D eigenvalue weighted by molar-refractivity contribution is -0.121. The number of ether oxygens (including phenoxy) is 2. The normalized spacial score (nSPS) is 9.33. The van der Waals surface area contributed by atoms with Gasteiger partial charge in [0.05, 0.1) is 19.8 Å². The van der Waals surface area contributed by atoms with Crippen molar-refractivity contribution in [3.8, 4) is 0 Å². The first-order chi connectivity index (χ1) is 7.27. The largest absolute Gasteiger partial charge is 0.378 e. The molecule has 0 aliphatic rings. The zero-order valence-electron chi connectivity index (χ0n) is 10.5. The molecule has 0 aromatic rings. The van der Waals surface area contributed by atoms with E-state index in [1.54, 1.807) is 0 Å². The lowest BCUT2D eigenvalue weighted by Crippen LogP contribution is -2.20. The SMILES string of the molecule is CC.CCNCCOCCOCC(C)=O.[HH]. The highest BCUT2D eigenvalue weighted by molar-refractivity contribution is 5.76. The van der Waals surface area contributed by atoms with Crippen LogP contribution in [0.3, 0.4) is 0 Å². The van der Waals surface area contributed by atoms with Crippen LogP contribution >= 0.6 is 0 Å². The number of hydrogen-bond donors (Lipinski definition) is 1. The minimum atomic E-state index is 0. The van der Waals surface area contributed by atoms with E-state index >= 15 is 0 Å². The summed E-state index contributed by atoms with van der Waals surface area (Å²) in [4.78, 5) is 10.4. The van der Waals surface area contributed by atoms with Crippen molar-refractivity contribution in [2.75, 3.05) is 39.5 Å². The molecule has 94 valence electrons. The van der Waals surface area contributed by atoms with Crippen LogP contribution in [0.5, 0.6) is 0 Å². The van der Waals surface area contributed by atoms with E-state index in [1.165, 1.54) is 6.92 Å². The van der Waals surface area contributed by atoms with Gasteiger partial charge in [-0.25, -0.2) is 0 Å². The summed E-state index contributed by atoms with van der Waals surface area (Å²) >= 11 is 0. The van der Waals surface area contributed by atoms with E-state index in [0.29, 0.717) is 19.8 Å². The predicted molar refractivity (Wildman–Crippen MR) is 64.3 cm³/mol. The number of Topliss-reactive ketones (excluding diaryl/α,β-unsaturated/α-hetero) is 1. The Morgan fingerprint density at radius 3 is 2.33 bits per heavy atom. The van der Waals surface area contributed by atoms with Crippen molar-refractivity contribution in [3.63, 3.8) is 0 Å². The number of hydrogen-bond acceptors (Lipinski definition) is 4. The number of carbonyl (C=O) groups excluding carboxylic acids is 1. The van der Waals surface area contributed by atoms with Gasteiger partial charge in [0.1, 0.15) is 6.61 Å². The first-order valence-corrected chi connectivity index (χ1v) is 5.63. The van der Waals surface area contributed by atoms with Crippen molar-refractivity contribution >= 4 is 5.78 Å². The Labute approximate surface area is 94.8 Å². The second kappa shape index (κ2) is 16.0. The molecular formula is C11H27NO3. The maximum Gasteiger partial charge on any atom is 0.155 e. The second-order valence-electron chi connectivity index (χ2n) is 2.72. The van der Waals surface area contributed by atoms with E-state index in [0.717, 1.165) is 13.1 Å². The van der Waals surface area contributed by atoms with Crippen molar-refractivity contribution in [1.82, 2.24) is 5.32 Å². The Bertz CT molecular complexity index is 134. The summed E-state index contributed by atoms with van der Waals surface area (Å²) in [5, 5.41) is 3.14. The first-order valence-electron chi connectivity index (χ1n) is 5.63. The molecule has 0 heterocycles. The molecule has 0 rings (SSSR count). The van der Waals surface area contributed by atoms with E-state index in [9.17, 15) is 4.79 Å². The van der Waals surface area contributed by atoms with Crippen LogP contribution in [-0.2, 0) is 14.3 Å². The third-order valence-electron chi connectivity index (χ3n) is 1.35. The van der Waals surface area contributed by atoms with Gasteiger partial charge in [0, 0.05) is 7.97 Å². The molecule has 1 N–H and O–H groups in total. The standard InChI is InChI=1S/C9H19NO3.C2H6.H2/c1-3-10-4-5-12-6-7-13-8-9(2)11;1-2;/h10H,3-8H2,1-2H3;1-2H3;1H. The average Bonchev–Trinajstić information content (AvgIpc) is 2.24. The van der Waals surface area contributed by atoms with Gasteiger partial charge >= 0.3 is 0 Å². The van der Waals surface area contributed by atoms with Gasteiger partial charge in [-0.2, -0.15) is 0 Å². The highest BCUT2D eigenvalue weighted by Crippen LogP contribution is 1.79. The van der Waals surface area contributed by atoms with Crippen LogP contribution in [0.15, 0.2) is 0 Å². The molecule has 0 aliphatic heterocycles. The molecule has 0 aromatic carbocycles. The van der Waals surface area contributed by atoms with Crippen LogP contribution in [0.25, 0.3) is 0 Å². The molecule has 4 heteroatoms. The van der Waals surface area contributed by atoms with Gasteiger partial charge in [-0.05, 0) is 13.5 Å². The third kappa shape index (κ3) is 19.8. The predicted octanol–water partition coefficient (Wildman–Crippen LogP) is 1.49. The number of nitrogens with one attached hydrogen (secondary N) is 1. The summed E-state index contributed by atoms with van der Waals surface area (Å²) in [5.74, 6) is 0.0487. The molecule has 0 atom stereocenters. The van der Waals surface area contributed by atoms with Crippen molar-refractivity contribution in [3.05, 3.63) is 0 Å². The summed E-state index contributed by atoms with van der Waals surface area (Å²) in [5.41, 5.74) is 0. The zero-order valence-corrected chi connectivity index (χ0v) is 10.5. The number of carbonyl (C=O) groups is 1. The third-order valence-corrected chi connectivity index (χ3v) is 1.35. The number of ketones is 1. The van der Waals surface area contributed by atoms with Gasteiger partial charge in [-0.3, -0.25) is 4.79 Å². The summed E-state index contributed by atoms with van der Waals surface area (Å²) in [7, 11) is 0.